The van der Waals surface area contributed by atoms with Gasteiger partial charge in [0, 0.05) is 6.07 Å². The summed E-state index contributed by atoms with van der Waals surface area (Å²) in [6, 6.07) is 12.2. The highest BCUT2D eigenvalue weighted by Crippen LogP contribution is 2.21. The molecule has 0 saturated carbocycles. The highest BCUT2D eigenvalue weighted by Gasteiger charge is 2.09. The summed E-state index contributed by atoms with van der Waals surface area (Å²) in [6.07, 6.45) is 0. The zero-order valence-corrected chi connectivity index (χ0v) is 11.0. The zero-order chi connectivity index (χ0) is 14.1. The van der Waals surface area contributed by atoms with Crippen LogP contribution in [-0.2, 0) is 6.54 Å². The van der Waals surface area contributed by atoms with E-state index in [9.17, 15) is 4.39 Å². The third-order valence-corrected chi connectivity index (χ3v) is 3.21. The van der Waals surface area contributed by atoms with Gasteiger partial charge in [-0.1, -0.05) is 12.1 Å². The first-order valence-corrected chi connectivity index (χ1v) is 6.21. The Balaban J connectivity index is 2.03. The number of halogens is 1. The lowest BCUT2D eigenvalue weighted by Gasteiger charge is -2.08. The quantitative estimate of drug-likeness (QED) is 0.797. The van der Waals surface area contributed by atoms with Crippen molar-refractivity contribution >= 4 is 17.0 Å². The van der Waals surface area contributed by atoms with Crippen LogP contribution < -0.4 is 10.5 Å². The number of anilines is 1. The van der Waals surface area contributed by atoms with Gasteiger partial charge in [0.05, 0.1) is 24.7 Å². The standard InChI is InChI=1S/C15H14FN3O/c1-20-12-4-2-3-10(7-12)9-19-14-6-5-11(16)8-13(14)18-15(19)17/h2-8H,9H2,1H3,(H2,17,18). The van der Waals surface area contributed by atoms with Crippen LogP contribution in [-0.4, -0.2) is 16.7 Å². The van der Waals surface area contributed by atoms with Gasteiger partial charge in [0.2, 0.25) is 5.95 Å². The molecule has 5 heteroatoms. The number of nitrogens with two attached hydrogens (primary N) is 1. The highest BCUT2D eigenvalue weighted by molar-refractivity contribution is 5.78. The van der Waals surface area contributed by atoms with E-state index in [1.54, 1.807) is 13.2 Å². The molecule has 1 heterocycles. The minimum atomic E-state index is -0.316. The van der Waals surface area contributed by atoms with E-state index >= 15 is 0 Å². The summed E-state index contributed by atoms with van der Waals surface area (Å²) in [4.78, 5) is 4.18. The summed E-state index contributed by atoms with van der Waals surface area (Å²) in [5.41, 5.74) is 8.33. The Hall–Kier alpha value is -2.56. The first kappa shape index (κ1) is 12.5. The lowest BCUT2D eigenvalue weighted by molar-refractivity contribution is 0.414. The van der Waals surface area contributed by atoms with Crippen LogP contribution >= 0.6 is 0 Å². The van der Waals surface area contributed by atoms with Gasteiger partial charge in [-0.25, -0.2) is 9.37 Å². The monoisotopic (exact) mass is 271 g/mol. The fraction of sp³-hybridized carbons (Fsp3) is 0.133. The molecule has 0 radical (unpaired) electrons. The molecule has 1 aromatic heterocycles. The minimum Gasteiger partial charge on any atom is -0.497 e. The molecule has 0 unspecified atom stereocenters. The Morgan fingerprint density at radius 1 is 1.25 bits per heavy atom. The zero-order valence-electron chi connectivity index (χ0n) is 11.0. The van der Waals surface area contributed by atoms with E-state index in [0.717, 1.165) is 16.8 Å². The van der Waals surface area contributed by atoms with Crippen LogP contribution in [0.2, 0.25) is 0 Å². The largest absolute Gasteiger partial charge is 0.497 e. The van der Waals surface area contributed by atoms with Gasteiger partial charge in [0.25, 0.3) is 0 Å². The van der Waals surface area contributed by atoms with Crippen molar-refractivity contribution in [3.8, 4) is 5.75 Å². The van der Waals surface area contributed by atoms with Crippen LogP contribution in [0.15, 0.2) is 42.5 Å². The lowest BCUT2D eigenvalue weighted by atomic mass is 10.2. The van der Waals surface area contributed by atoms with E-state index in [1.807, 2.05) is 28.8 Å². The number of hydrogen-bond donors (Lipinski definition) is 1. The molecule has 20 heavy (non-hydrogen) atoms. The van der Waals surface area contributed by atoms with Crippen molar-refractivity contribution in [3.63, 3.8) is 0 Å². The molecule has 3 aromatic rings. The van der Waals surface area contributed by atoms with Crippen LogP contribution in [0.1, 0.15) is 5.56 Å². The number of methoxy groups -OCH3 is 1. The van der Waals surface area contributed by atoms with Crippen molar-refractivity contribution in [1.82, 2.24) is 9.55 Å². The van der Waals surface area contributed by atoms with Crippen molar-refractivity contribution in [2.24, 2.45) is 0 Å². The molecule has 102 valence electrons. The number of hydrogen-bond acceptors (Lipinski definition) is 3. The maximum Gasteiger partial charge on any atom is 0.201 e. The number of imidazole rings is 1. The Morgan fingerprint density at radius 3 is 2.90 bits per heavy atom. The molecule has 0 aliphatic carbocycles. The first-order valence-electron chi connectivity index (χ1n) is 6.21. The summed E-state index contributed by atoms with van der Waals surface area (Å²) in [7, 11) is 1.63. The Bertz CT molecular complexity index is 767. The Kier molecular flexibility index (Phi) is 3.02. The minimum absolute atomic E-state index is 0.316. The molecule has 4 nitrogen and oxygen atoms in total. The van der Waals surface area contributed by atoms with Crippen molar-refractivity contribution < 1.29 is 9.13 Å². The molecule has 0 bridgehead atoms. The molecule has 0 fully saturated rings. The van der Waals surface area contributed by atoms with E-state index in [2.05, 4.69) is 4.98 Å². The van der Waals surface area contributed by atoms with Crippen molar-refractivity contribution in [1.29, 1.82) is 0 Å². The fourth-order valence-corrected chi connectivity index (χ4v) is 2.24. The van der Waals surface area contributed by atoms with Crippen LogP contribution in [0.3, 0.4) is 0 Å². The van der Waals surface area contributed by atoms with Crippen molar-refractivity contribution in [2.45, 2.75) is 6.54 Å². The molecule has 2 N–H and O–H groups in total. The van der Waals surface area contributed by atoms with Gasteiger partial charge in [-0.05, 0) is 29.8 Å². The summed E-state index contributed by atoms with van der Waals surface area (Å²) in [5, 5.41) is 0. The Morgan fingerprint density at radius 2 is 2.10 bits per heavy atom. The summed E-state index contributed by atoms with van der Waals surface area (Å²) < 4.78 is 20.2. The number of nitrogen functional groups attached to an aromatic ring is 1. The second kappa shape index (κ2) is 4.85. The molecule has 0 aliphatic rings. The molecular formula is C15H14FN3O. The first-order chi connectivity index (χ1) is 9.67. The van der Waals surface area contributed by atoms with Gasteiger partial charge in [0.15, 0.2) is 0 Å². The van der Waals surface area contributed by atoms with E-state index < -0.39 is 0 Å². The van der Waals surface area contributed by atoms with Gasteiger partial charge in [-0.2, -0.15) is 0 Å². The van der Waals surface area contributed by atoms with E-state index in [4.69, 9.17) is 10.5 Å². The number of benzene rings is 2. The predicted octanol–water partition coefficient (Wildman–Crippen LogP) is 2.81. The van der Waals surface area contributed by atoms with Gasteiger partial charge in [-0.15, -0.1) is 0 Å². The number of nitrogens with zero attached hydrogens (tertiary/aromatic N) is 2. The average molecular weight is 271 g/mol. The second-order valence-electron chi connectivity index (χ2n) is 4.54. The third-order valence-electron chi connectivity index (χ3n) is 3.21. The normalized spacial score (nSPS) is 10.9. The third kappa shape index (κ3) is 2.18. The van der Waals surface area contributed by atoms with Crippen LogP contribution in [0, 0.1) is 5.82 Å². The lowest BCUT2D eigenvalue weighted by Crippen LogP contribution is -2.04. The summed E-state index contributed by atoms with van der Waals surface area (Å²) in [5.74, 6) is 0.841. The number of ether oxygens (including phenoxy) is 1. The molecule has 0 saturated heterocycles. The van der Waals surface area contributed by atoms with Crippen LogP contribution in [0.4, 0.5) is 10.3 Å². The SMILES string of the molecule is COc1cccc(Cn2c(N)nc3cc(F)ccc32)c1. The molecule has 2 aromatic carbocycles. The smallest absolute Gasteiger partial charge is 0.201 e. The molecule has 0 atom stereocenters. The number of fused-ring (bicyclic) bond motifs is 1. The fourth-order valence-electron chi connectivity index (χ4n) is 2.24. The van der Waals surface area contributed by atoms with Crippen molar-refractivity contribution in [2.75, 3.05) is 12.8 Å². The Labute approximate surface area is 115 Å². The van der Waals surface area contributed by atoms with E-state index in [0.29, 0.717) is 18.0 Å². The maximum absolute atomic E-state index is 13.2. The van der Waals surface area contributed by atoms with E-state index in [-0.39, 0.29) is 5.82 Å². The second-order valence-corrected chi connectivity index (χ2v) is 4.54. The van der Waals surface area contributed by atoms with Crippen molar-refractivity contribution in [3.05, 3.63) is 53.8 Å². The van der Waals surface area contributed by atoms with Crippen LogP contribution in [0.25, 0.3) is 11.0 Å². The predicted molar refractivity (Wildman–Crippen MR) is 76.2 cm³/mol. The topological polar surface area (TPSA) is 53.1 Å². The van der Waals surface area contributed by atoms with Gasteiger partial charge < -0.3 is 15.0 Å². The van der Waals surface area contributed by atoms with Gasteiger partial charge in [0.1, 0.15) is 11.6 Å². The molecule has 3 rings (SSSR count). The average Bonchev–Trinajstić information content (AvgIpc) is 2.74. The van der Waals surface area contributed by atoms with E-state index in [1.165, 1.54) is 12.1 Å². The number of rotatable bonds is 3. The summed E-state index contributed by atoms with van der Waals surface area (Å²) >= 11 is 0. The maximum atomic E-state index is 13.2. The highest BCUT2D eigenvalue weighted by atomic mass is 19.1. The van der Waals surface area contributed by atoms with Gasteiger partial charge >= 0.3 is 0 Å². The molecular weight excluding hydrogens is 257 g/mol. The summed E-state index contributed by atoms with van der Waals surface area (Å²) in [6.45, 7) is 0.561. The molecule has 0 spiro atoms. The number of aromatic nitrogens is 2. The van der Waals surface area contributed by atoms with Crippen LogP contribution in [0.5, 0.6) is 5.75 Å². The van der Waals surface area contributed by atoms with Gasteiger partial charge in [-0.3, -0.25) is 0 Å². The molecule has 0 amide bonds. The molecule has 0 aliphatic heterocycles.